The summed E-state index contributed by atoms with van der Waals surface area (Å²) in [5.41, 5.74) is 7.70. The molecule has 0 spiro atoms. The Hall–Kier alpha value is -4.38. The molecule has 5 rings (SSSR count). The number of fused-ring (bicyclic) bond motifs is 1. The predicted molar refractivity (Wildman–Crippen MR) is 165 cm³/mol. The highest BCUT2D eigenvalue weighted by atomic mass is 35.5. The number of carbonyl (C=O) groups is 1. The fourth-order valence-corrected chi connectivity index (χ4v) is 5.87. The number of hydrogen-bond donors (Lipinski definition) is 1. The van der Waals surface area contributed by atoms with E-state index in [0.717, 1.165) is 17.7 Å². The zero-order valence-corrected chi connectivity index (χ0v) is 25.3. The van der Waals surface area contributed by atoms with E-state index in [1.54, 1.807) is 23.2 Å². The first-order valence-electron chi connectivity index (χ1n) is 13.9. The molecule has 1 aliphatic heterocycles. The summed E-state index contributed by atoms with van der Waals surface area (Å²) >= 11 is 6.77. The van der Waals surface area contributed by atoms with Gasteiger partial charge in [0.25, 0.3) is 0 Å². The van der Waals surface area contributed by atoms with Gasteiger partial charge in [-0.05, 0) is 56.5 Å². The van der Waals surface area contributed by atoms with Crippen molar-refractivity contribution in [1.29, 1.82) is 0 Å². The Kier molecular flexibility index (Phi) is 7.95. The molecule has 12 heteroatoms. The molecule has 2 N–H and O–H groups in total. The standard InChI is InChI=1S/C31H32ClF2N7O2/c1-7-25(42)39-13-18(6)40(14-17(39)5)29-20-10-21(32)27(19-11-22(33)23(34)12-24(19)35)37-30(20)41(31(43)38-29)28-16(4)8-9-36-26(28)15(2)3/h7-12,15,17-18H,1,13-14,35H2,2-6H3/t17-,18+/m1/s1. The molecule has 1 amide bonds. The van der Waals surface area contributed by atoms with Crippen LogP contribution in [0.15, 0.2) is 47.9 Å². The number of hydrogen-bond acceptors (Lipinski definition) is 7. The maximum atomic E-state index is 14.4. The summed E-state index contributed by atoms with van der Waals surface area (Å²) in [6.45, 7) is 14.0. The fourth-order valence-electron chi connectivity index (χ4n) is 5.61. The summed E-state index contributed by atoms with van der Waals surface area (Å²) in [6.07, 6.45) is 2.96. The lowest BCUT2D eigenvalue weighted by Gasteiger charge is -2.44. The Morgan fingerprint density at radius 1 is 1.14 bits per heavy atom. The zero-order chi connectivity index (χ0) is 31.3. The van der Waals surface area contributed by atoms with Crippen LogP contribution in [-0.4, -0.2) is 55.5 Å². The number of halogens is 3. The quantitative estimate of drug-likeness (QED) is 0.239. The van der Waals surface area contributed by atoms with Crippen molar-refractivity contribution in [2.45, 2.75) is 52.6 Å². The summed E-state index contributed by atoms with van der Waals surface area (Å²) in [5, 5.41) is 0.557. The van der Waals surface area contributed by atoms with E-state index in [4.69, 9.17) is 22.3 Å². The Morgan fingerprint density at radius 3 is 2.51 bits per heavy atom. The van der Waals surface area contributed by atoms with Crippen molar-refractivity contribution < 1.29 is 13.6 Å². The number of benzene rings is 1. The molecule has 0 radical (unpaired) electrons. The highest BCUT2D eigenvalue weighted by molar-refractivity contribution is 6.34. The number of anilines is 2. The monoisotopic (exact) mass is 607 g/mol. The number of nitrogen functional groups attached to an aromatic ring is 1. The third-order valence-corrected chi connectivity index (χ3v) is 8.08. The molecule has 224 valence electrons. The number of rotatable bonds is 5. The van der Waals surface area contributed by atoms with E-state index in [0.29, 0.717) is 35.7 Å². The van der Waals surface area contributed by atoms with Crippen molar-refractivity contribution in [3.63, 3.8) is 0 Å². The summed E-state index contributed by atoms with van der Waals surface area (Å²) in [7, 11) is 0. The molecule has 3 aromatic heterocycles. The maximum Gasteiger partial charge on any atom is 0.355 e. The topological polar surface area (TPSA) is 110 Å². The van der Waals surface area contributed by atoms with Crippen LogP contribution in [0.2, 0.25) is 5.02 Å². The average Bonchev–Trinajstić information content (AvgIpc) is 2.95. The second kappa shape index (κ2) is 11.4. The molecule has 4 aromatic rings. The second-order valence-corrected chi connectivity index (χ2v) is 11.6. The Bertz CT molecular complexity index is 1840. The van der Waals surface area contributed by atoms with Gasteiger partial charge in [-0.2, -0.15) is 4.98 Å². The van der Waals surface area contributed by atoms with Crippen LogP contribution < -0.4 is 16.3 Å². The first-order valence-corrected chi connectivity index (χ1v) is 14.3. The molecule has 1 fully saturated rings. The molecule has 2 atom stereocenters. The van der Waals surface area contributed by atoms with Gasteiger partial charge < -0.3 is 15.5 Å². The summed E-state index contributed by atoms with van der Waals surface area (Å²) < 4.78 is 29.7. The molecule has 1 aromatic carbocycles. The van der Waals surface area contributed by atoms with E-state index in [-0.39, 0.29) is 51.5 Å². The van der Waals surface area contributed by atoms with Crippen molar-refractivity contribution in [2.24, 2.45) is 0 Å². The van der Waals surface area contributed by atoms with Gasteiger partial charge in [-0.3, -0.25) is 9.78 Å². The van der Waals surface area contributed by atoms with Gasteiger partial charge in [-0.25, -0.2) is 23.1 Å². The van der Waals surface area contributed by atoms with Gasteiger partial charge in [-0.15, -0.1) is 0 Å². The number of nitrogens with zero attached hydrogens (tertiary/aromatic N) is 6. The maximum absolute atomic E-state index is 14.4. The Morgan fingerprint density at radius 2 is 1.84 bits per heavy atom. The van der Waals surface area contributed by atoms with Crippen molar-refractivity contribution in [1.82, 2.24) is 24.4 Å². The number of carbonyl (C=O) groups excluding carboxylic acids is 1. The van der Waals surface area contributed by atoms with Crippen LogP contribution >= 0.6 is 11.6 Å². The normalized spacial score (nSPS) is 17.1. The van der Waals surface area contributed by atoms with E-state index in [2.05, 4.69) is 16.5 Å². The predicted octanol–water partition coefficient (Wildman–Crippen LogP) is 5.40. The Labute approximate surface area is 252 Å². The first-order chi connectivity index (χ1) is 20.3. The third kappa shape index (κ3) is 5.22. The van der Waals surface area contributed by atoms with Gasteiger partial charge >= 0.3 is 5.69 Å². The first kappa shape index (κ1) is 30.1. The number of piperazine rings is 1. The minimum atomic E-state index is -1.12. The van der Waals surface area contributed by atoms with Crippen LogP contribution in [0.1, 0.15) is 44.9 Å². The average molecular weight is 608 g/mol. The lowest BCUT2D eigenvalue weighted by Crippen LogP contribution is -2.58. The fraction of sp³-hybridized carbons (Fsp3) is 0.323. The molecule has 0 aliphatic carbocycles. The van der Waals surface area contributed by atoms with Gasteiger partial charge in [0.1, 0.15) is 5.82 Å². The molecule has 0 bridgehead atoms. The number of aryl methyl sites for hydroxylation is 1. The number of aromatic nitrogens is 4. The van der Waals surface area contributed by atoms with Crippen LogP contribution in [0, 0.1) is 18.6 Å². The van der Waals surface area contributed by atoms with Gasteiger partial charge in [0, 0.05) is 48.7 Å². The SMILES string of the molecule is C=CC(=O)N1C[C@H](C)N(c2nc(=O)n(-c3c(C)ccnc3C(C)C)c3nc(-c4cc(F)c(F)cc4N)c(Cl)cc23)C[C@H]1C. The molecule has 9 nitrogen and oxygen atoms in total. The molecule has 1 saturated heterocycles. The summed E-state index contributed by atoms with van der Waals surface area (Å²) in [5.74, 6) is -2.12. The summed E-state index contributed by atoms with van der Waals surface area (Å²) in [6, 6.07) is 4.77. The molecular formula is C31H32ClF2N7O2. The highest BCUT2D eigenvalue weighted by Crippen LogP contribution is 2.38. The highest BCUT2D eigenvalue weighted by Gasteiger charge is 2.34. The molecule has 0 saturated carbocycles. The lowest BCUT2D eigenvalue weighted by molar-refractivity contribution is -0.128. The van der Waals surface area contributed by atoms with Crippen molar-refractivity contribution in [3.8, 4) is 16.9 Å². The van der Waals surface area contributed by atoms with Crippen molar-refractivity contribution in [3.05, 3.63) is 81.5 Å². The van der Waals surface area contributed by atoms with Crippen molar-refractivity contribution >= 4 is 40.0 Å². The number of pyridine rings is 2. The molecule has 43 heavy (non-hydrogen) atoms. The lowest BCUT2D eigenvalue weighted by atomic mass is 10.0. The molecular weight excluding hydrogens is 576 g/mol. The van der Waals surface area contributed by atoms with Crippen LogP contribution in [-0.2, 0) is 4.79 Å². The van der Waals surface area contributed by atoms with E-state index >= 15 is 0 Å². The largest absolute Gasteiger partial charge is 0.398 e. The van der Waals surface area contributed by atoms with Crippen LogP contribution in [0.3, 0.4) is 0 Å². The third-order valence-electron chi connectivity index (χ3n) is 7.79. The zero-order valence-electron chi connectivity index (χ0n) is 24.5. The van der Waals surface area contributed by atoms with Gasteiger partial charge in [-0.1, -0.05) is 32.0 Å². The molecule has 0 unspecified atom stereocenters. The van der Waals surface area contributed by atoms with E-state index in [1.807, 2.05) is 39.5 Å². The van der Waals surface area contributed by atoms with E-state index in [1.165, 1.54) is 10.6 Å². The van der Waals surface area contributed by atoms with E-state index in [9.17, 15) is 18.4 Å². The second-order valence-electron chi connectivity index (χ2n) is 11.2. The van der Waals surface area contributed by atoms with Gasteiger partial charge in [0.05, 0.1) is 27.5 Å². The van der Waals surface area contributed by atoms with Crippen molar-refractivity contribution in [2.75, 3.05) is 23.7 Å². The summed E-state index contributed by atoms with van der Waals surface area (Å²) in [4.78, 5) is 44.1. The minimum Gasteiger partial charge on any atom is -0.398 e. The van der Waals surface area contributed by atoms with Crippen LogP contribution in [0.25, 0.3) is 28.0 Å². The smallest absolute Gasteiger partial charge is 0.355 e. The van der Waals surface area contributed by atoms with Crippen LogP contribution in [0.4, 0.5) is 20.3 Å². The van der Waals surface area contributed by atoms with Gasteiger partial charge in [0.15, 0.2) is 17.3 Å². The van der Waals surface area contributed by atoms with Crippen LogP contribution in [0.5, 0.6) is 0 Å². The Balaban J connectivity index is 1.84. The molecule has 1 aliphatic rings. The number of amides is 1. The molecule has 4 heterocycles. The van der Waals surface area contributed by atoms with E-state index < -0.39 is 17.3 Å². The minimum absolute atomic E-state index is 0.0542. The van der Waals surface area contributed by atoms with Gasteiger partial charge in [0.2, 0.25) is 5.91 Å². The number of nitrogens with two attached hydrogens (primary N) is 1.